The Kier molecular flexibility index (Phi) is 10.00. The van der Waals surface area contributed by atoms with Crippen molar-refractivity contribution in [1.29, 1.82) is 0 Å². The summed E-state index contributed by atoms with van der Waals surface area (Å²) >= 11 is 0. The molecule has 7 heteroatoms. The van der Waals surface area contributed by atoms with Gasteiger partial charge in [0, 0.05) is 0 Å². The lowest BCUT2D eigenvalue weighted by molar-refractivity contribution is -0.142. The normalized spacial score (nSPS) is 11.6. The highest BCUT2D eigenvalue weighted by atomic mass is 16.5. The van der Waals surface area contributed by atoms with Crippen molar-refractivity contribution in [3.05, 3.63) is 23.3 Å². The molecule has 0 fully saturated rings. The molecule has 0 atom stereocenters. The number of rotatable bonds is 9. The minimum atomic E-state index is -0.858. The summed E-state index contributed by atoms with van der Waals surface area (Å²) in [5, 5.41) is 0. The fourth-order valence-corrected chi connectivity index (χ4v) is 1.35. The van der Waals surface area contributed by atoms with Crippen molar-refractivity contribution < 1.29 is 33.4 Å². The van der Waals surface area contributed by atoms with Crippen molar-refractivity contribution in [2.24, 2.45) is 0 Å². The van der Waals surface area contributed by atoms with Crippen LogP contribution < -0.4 is 0 Å². The molecule has 0 aromatic heterocycles. The van der Waals surface area contributed by atoms with Crippen molar-refractivity contribution in [3.8, 4) is 0 Å². The third-order valence-electron chi connectivity index (χ3n) is 2.25. The van der Waals surface area contributed by atoms with E-state index in [1.165, 1.54) is 6.08 Å². The Bertz CT molecular complexity index is 474. The van der Waals surface area contributed by atoms with Crippen LogP contribution in [-0.4, -0.2) is 44.0 Å². The van der Waals surface area contributed by atoms with Crippen LogP contribution in [0.2, 0.25) is 0 Å². The number of carbonyl (C=O) groups is 4. The van der Waals surface area contributed by atoms with Gasteiger partial charge in [-0.15, -0.1) is 0 Å². The second kappa shape index (κ2) is 11.2. The Morgan fingerprint density at radius 2 is 1.32 bits per heavy atom. The molecule has 0 heterocycles. The van der Waals surface area contributed by atoms with Crippen LogP contribution in [0.1, 0.15) is 27.2 Å². The van der Waals surface area contributed by atoms with E-state index >= 15 is 0 Å². The van der Waals surface area contributed by atoms with Gasteiger partial charge in [0.05, 0.1) is 31.8 Å². The van der Waals surface area contributed by atoms with E-state index in [1.807, 2.05) is 0 Å². The third kappa shape index (κ3) is 7.37. The minimum absolute atomic E-state index is 0.0886. The zero-order valence-electron chi connectivity index (χ0n) is 12.9. The first-order valence-corrected chi connectivity index (χ1v) is 6.86. The largest absolute Gasteiger partial charge is 0.466 e. The fraction of sp³-hybridized carbons (Fsp3) is 0.467. The smallest absolute Gasteiger partial charge is 0.341 e. The van der Waals surface area contributed by atoms with E-state index in [-0.39, 0.29) is 43.7 Å². The van der Waals surface area contributed by atoms with E-state index in [2.05, 4.69) is 0 Å². The average Bonchev–Trinajstić information content (AvgIpc) is 2.48. The molecule has 0 unspecified atom stereocenters. The molecule has 0 aliphatic heterocycles. The van der Waals surface area contributed by atoms with Crippen LogP contribution in [0.5, 0.6) is 0 Å². The van der Waals surface area contributed by atoms with Gasteiger partial charge in [0.25, 0.3) is 0 Å². The molecule has 0 saturated carbocycles. The Labute approximate surface area is 128 Å². The Balaban J connectivity index is 5.33. The first-order chi connectivity index (χ1) is 10.5. The highest BCUT2D eigenvalue weighted by Crippen LogP contribution is 2.08. The maximum Gasteiger partial charge on any atom is 0.341 e. The van der Waals surface area contributed by atoms with Gasteiger partial charge in [0.15, 0.2) is 6.29 Å². The molecule has 0 rings (SSSR count). The molecule has 0 aromatic rings. The highest BCUT2D eigenvalue weighted by Gasteiger charge is 2.15. The van der Waals surface area contributed by atoms with Gasteiger partial charge in [0.2, 0.25) is 0 Å². The summed E-state index contributed by atoms with van der Waals surface area (Å²) in [5.41, 5.74) is -0.435. The SMILES string of the molecule is CCOC(=O)C/C=C(/C=C(\C=O)C(=O)OCC)C(=O)OCC. The molecule has 7 nitrogen and oxygen atoms in total. The van der Waals surface area contributed by atoms with Crippen molar-refractivity contribution in [2.75, 3.05) is 19.8 Å². The lowest BCUT2D eigenvalue weighted by atomic mass is 10.1. The lowest BCUT2D eigenvalue weighted by Crippen LogP contribution is -2.12. The number of ether oxygens (including phenoxy) is 3. The van der Waals surface area contributed by atoms with Gasteiger partial charge in [-0.05, 0) is 26.8 Å². The monoisotopic (exact) mass is 312 g/mol. The molecule has 0 saturated heterocycles. The summed E-state index contributed by atoms with van der Waals surface area (Å²) in [5.74, 6) is -2.15. The lowest BCUT2D eigenvalue weighted by Gasteiger charge is -2.05. The van der Waals surface area contributed by atoms with Gasteiger partial charge in [-0.3, -0.25) is 9.59 Å². The van der Waals surface area contributed by atoms with E-state index in [4.69, 9.17) is 14.2 Å². The van der Waals surface area contributed by atoms with Crippen LogP contribution in [0.15, 0.2) is 23.3 Å². The number of esters is 3. The van der Waals surface area contributed by atoms with E-state index in [0.29, 0.717) is 0 Å². The first-order valence-electron chi connectivity index (χ1n) is 6.86. The second-order valence-electron chi connectivity index (χ2n) is 3.83. The molecular weight excluding hydrogens is 292 g/mol. The van der Waals surface area contributed by atoms with Crippen LogP contribution in [0.3, 0.4) is 0 Å². The molecule has 122 valence electrons. The summed E-state index contributed by atoms with van der Waals surface area (Å²) in [6.07, 6.45) is 2.35. The van der Waals surface area contributed by atoms with Crippen molar-refractivity contribution >= 4 is 24.2 Å². The van der Waals surface area contributed by atoms with Gasteiger partial charge in [-0.2, -0.15) is 0 Å². The van der Waals surface area contributed by atoms with Gasteiger partial charge < -0.3 is 14.2 Å². The summed E-state index contributed by atoms with van der Waals surface area (Å²) in [4.78, 5) is 45.6. The average molecular weight is 312 g/mol. The van der Waals surface area contributed by atoms with Crippen LogP contribution in [0, 0.1) is 0 Å². The Hall–Kier alpha value is -2.44. The fourth-order valence-electron chi connectivity index (χ4n) is 1.35. The molecule has 22 heavy (non-hydrogen) atoms. The summed E-state index contributed by atoms with van der Waals surface area (Å²) in [6, 6.07) is 0. The van der Waals surface area contributed by atoms with Crippen LogP contribution in [0.25, 0.3) is 0 Å². The van der Waals surface area contributed by atoms with Gasteiger partial charge in [-0.1, -0.05) is 6.08 Å². The van der Waals surface area contributed by atoms with Gasteiger partial charge in [-0.25, -0.2) is 9.59 Å². The number of hydrogen-bond acceptors (Lipinski definition) is 7. The molecule has 0 spiro atoms. The van der Waals surface area contributed by atoms with E-state index in [0.717, 1.165) is 6.08 Å². The number of aldehydes is 1. The summed E-state index contributed by atoms with van der Waals surface area (Å²) < 4.78 is 14.2. The van der Waals surface area contributed by atoms with Crippen molar-refractivity contribution in [3.63, 3.8) is 0 Å². The highest BCUT2D eigenvalue weighted by molar-refractivity contribution is 6.09. The quantitative estimate of drug-likeness (QED) is 0.120. The predicted octanol–water partition coefficient (Wildman–Crippen LogP) is 1.12. The van der Waals surface area contributed by atoms with E-state index in [1.54, 1.807) is 20.8 Å². The Morgan fingerprint density at radius 1 is 0.818 bits per heavy atom. The van der Waals surface area contributed by atoms with Crippen LogP contribution in [0.4, 0.5) is 0 Å². The van der Waals surface area contributed by atoms with E-state index in [9.17, 15) is 19.2 Å². The van der Waals surface area contributed by atoms with Crippen molar-refractivity contribution in [2.45, 2.75) is 27.2 Å². The molecule has 0 bridgehead atoms. The van der Waals surface area contributed by atoms with E-state index < -0.39 is 17.9 Å². The topological polar surface area (TPSA) is 96.0 Å². The Morgan fingerprint density at radius 3 is 1.77 bits per heavy atom. The zero-order chi connectivity index (χ0) is 17.0. The summed E-state index contributed by atoms with van der Waals surface area (Å²) in [7, 11) is 0. The number of carbonyl (C=O) groups excluding carboxylic acids is 4. The predicted molar refractivity (Wildman–Crippen MR) is 76.7 cm³/mol. The standard InChI is InChI=1S/C15H20O7/c1-4-20-13(17)8-7-11(14(18)21-5-2)9-12(10-16)15(19)22-6-3/h7,9-10H,4-6,8H2,1-3H3/b11-7-,12-9+. The maximum atomic E-state index is 11.8. The molecule has 0 radical (unpaired) electrons. The first kappa shape index (κ1) is 19.6. The minimum Gasteiger partial charge on any atom is -0.466 e. The molecule has 0 aliphatic rings. The van der Waals surface area contributed by atoms with Crippen LogP contribution >= 0.6 is 0 Å². The third-order valence-corrected chi connectivity index (χ3v) is 2.25. The molecule has 0 amide bonds. The maximum absolute atomic E-state index is 11.8. The zero-order valence-corrected chi connectivity index (χ0v) is 12.9. The van der Waals surface area contributed by atoms with Crippen LogP contribution in [-0.2, 0) is 33.4 Å². The van der Waals surface area contributed by atoms with Gasteiger partial charge in [0.1, 0.15) is 5.57 Å². The molecule has 0 N–H and O–H groups in total. The van der Waals surface area contributed by atoms with Crippen molar-refractivity contribution in [1.82, 2.24) is 0 Å². The molecule has 0 aliphatic carbocycles. The second-order valence-corrected chi connectivity index (χ2v) is 3.83. The molecule has 0 aromatic carbocycles. The summed E-state index contributed by atoms with van der Waals surface area (Å²) in [6.45, 7) is 5.25. The number of hydrogen-bond donors (Lipinski definition) is 0. The van der Waals surface area contributed by atoms with Gasteiger partial charge >= 0.3 is 17.9 Å². The molecular formula is C15H20O7.